The lowest BCUT2D eigenvalue weighted by molar-refractivity contribution is -0.136. The van der Waals surface area contributed by atoms with Gasteiger partial charge in [-0.25, -0.2) is 4.39 Å². The Morgan fingerprint density at radius 2 is 1.77 bits per heavy atom. The maximum Gasteiger partial charge on any atom is 0.262 e. The summed E-state index contributed by atoms with van der Waals surface area (Å²) in [7, 11) is 0. The molecule has 0 saturated carbocycles. The highest BCUT2D eigenvalue weighted by Gasteiger charge is 2.45. The molecule has 0 radical (unpaired) electrons. The van der Waals surface area contributed by atoms with E-state index in [1.165, 1.54) is 24.3 Å². The van der Waals surface area contributed by atoms with Gasteiger partial charge < -0.3 is 5.32 Å². The monoisotopic (exact) mass is 423 g/mol. The van der Waals surface area contributed by atoms with Gasteiger partial charge in [0.05, 0.1) is 17.5 Å². The Labute approximate surface area is 176 Å². The molecule has 31 heavy (non-hydrogen) atoms. The second kappa shape index (κ2) is 8.10. The van der Waals surface area contributed by atoms with Crippen molar-refractivity contribution < 1.29 is 28.4 Å². The van der Waals surface area contributed by atoms with Gasteiger partial charge in [-0.05, 0) is 29.7 Å². The first-order valence-corrected chi connectivity index (χ1v) is 9.70. The van der Waals surface area contributed by atoms with E-state index in [1.54, 1.807) is 18.2 Å². The van der Waals surface area contributed by atoms with E-state index < -0.39 is 41.4 Å². The van der Waals surface area contributed by atoms with Gasteiger partial charge in [-0.15, -0.1) is 0 Å². The molecule has 0 bridgehead atoms. The summed E-state index contributed by atoms with van der Waals surface area (Å²) < 4.78 is 13.7. The van der Waals surface area contributed by atoms with E-state index in [0.29, 0.717) is 5.56 Å². The van der Waals surface area contributed by atoms with Crippen LogP contribution in [0.3, 0.4) is 0 Å². The van der Waals surface area contributed by atoms with Crippen molar-refractivity contribution in [2.24, 2.45) is 0 Å². The standard InChI is InChI=1S/C22H18FN3O5/c23-15-7-2-1-4-12(15)10-18(28)24-11-13-5-3-6-14-19(13)22(31)26(21(14)30)16-8-9-17(27)25-20(16)29/h1-7,16H,8-11H2,(H,24,28)(H,25,27,29). The summed E-state index contributed by atoms with van der Waals surface area (Å²) in [6.45, 7) is -0.0430. The maximum absolute atomic E-state index is 13.7. The number of halogens is 1. The van der Waals surface area contributed by atoms with Gasteiger partial charge in [-0.3, -0.25) is 34.2 Å². The fourth-order valence-corrected chi connectivity index (χ4v) is 3.80. The summed E-state index contributed by atoms with van der Waals surface area (Å²) in [6, 6.07) is 9.53. The Morgan fingerprint density at radius 3 is 2.52 bits per heavy atom. The van der Waals surface area contributed by atoms with Crippen LogP contribution in [0.1, 0.15) is 44.7 Å². The molecule has 2 aromatic rings. The van der Waals surface area contributed by atoms with Crippen LogP contribution in [-0.4, -0.2) is 40.5 Å². The predicted octanol–water partition coefficient (Wildman–Crippen LogP) is 1.09. The summed E-state index contributed by atoms with van der Waals surface area (Å²) in [5, 5.41) is 4.78. The van der Waals surface area contributed by atoms with Gasteiger partial charge >= 0.3 is 0 Å². The fourth-order valence-electron chi connectivity index (χ4n) is 3.80. The lowest BCUT2D eigenvalue weighted by Crippen LogP contribution is -2.54. The Kier molecular flexibility index (Phi) is 5.33. The van der Waals surface area contributed by atoms with Crippen molar-refractivity contribution in [1.82, 2.24) is 15.5 Å². The smallest absolute Gasteiger partial charge is 0.262 e. The van der Waals surface area contributed by atoms with Crippen molar-refractivity contribution in [3.8, 4) is 0 Å². The molecule has 4 rings (SSSR count). The fraction of sp³-hybridized carbons (Fsp3) is 0.227. The van der Waals surface area contributed by atoms with Gasteiger partial charge in [0.15, 0.2) is 0 Å². The molecule has 158 valence electrons. The van der Waals surface area contributed by atoms with Crippen LogP contribution < -0.4 is 10.6 Å². The van der Waals surface area contributed by atoms with E-state index in [1.807, 2.05) is 0 Å². The van der Waals surface area contributed by atoms with Gasteiger partial charge in [0, 0.05) is 13.0 Å². The maximum atomic E-state index is 13.7. The molecule has 2 aromatic carbocycles. The highest BCUT2D eigenvalue weighted by atomic mass is 19.1. The molecule has 2 aliphatic heterocycles. The second-order valence-corrected chi connectivity index (χ2v) is 7.33. The largest absolute Gasteiger partial charge is 0.352 e. The zero-order valence-corrected chi connectivity index (χ0v) is 16.3. The van der Waals surface area contributed by atoms with Gasteiger partial charge in [0.25, 0.3) is 11.8 Å². The van der Waals surface area contributed by atoms with Crippen LogP contribution in [-0.2, 0) is 27.3 Å². The highest BCUT2D eigenvalue weighted by molar-refractivity contribution is 6.24. The van der Waals surface area contributed by atoms with Gasteiger partial charge in [-0.1, -0.05) is 30.3 Å². The first-order chi connectivity index (χ1) is 14.9. The third-order valence-electron chi connectivity index (χ3n) is 5.34. The minimum Gasteiger partial charge on any atom is -0.352 e. The molecule has 8 nitrogen and oxygen atoms in total. The lowest BCUT2D eigenvalue weighted by Gasteiger charge is -2.27. The summed E-state index contributed by atoms with van der Waals surface area (Å²) in [4.78, 5) is 62.5. The minimum absolute atomic E-state index is 0.0305. The van der Waals surface area contributed by atoms with Crippen LogP contribution in [0.5, 0.6) is 0 Å². The van der Waals surface area contributed by atoms with E-state index in [-0.39, 0.29) is 42.5 Å². The zero-order chi connectivity index (χ0) is 22.1. The Balaban J connectivity index is 1.51. The molecule has 0 aromatic heterocycles. The van der Waals surface area contributed by atoms with Gasteiger partial charge in [-0.2, -0.15) is 0 Å². The Morgan fingerprint density at radius 1 is 1.03 bits per heavy atom. The number of fused-ring (bicyclic) bond motifs is 1. The second-order valence-electron chi connectivity index (χ2n) is 7.33. The number of carbonyl (C=O) groups excluding carboxylic acids is 5. The molecule has 1 saturated heterocycles. The number of carbonyl (C=O) groups is 5. The molecule has 5 amide bonds. The topological polar surface area (TPSA) is 113 Å². The average Bonchev–Trinajstić information content (AvgIpc) is 2.99. The van der Waals surface area contributed by atoms with Crippen LogP contribution >= 0.6 is 0 Å². The van der Waals surface area contributed by atoms with Crippen LogP contribution in [0.2, 0.25) is 0 Å². The number of hydrogen-bond acceptors (Lipinski definition) is 5. The zero-order valence-electron chi connectivity index (χ0n) is 16.3. The SMILES string of the molecule is O=C(Cc1ccccc1F)NCc1cccc2c1C(=O)N(C1CCC(=O)NC1=O)C2=O. The summed E-state index contributed by atoms with van der Waals surface area (Å²) in [5.41, 5.74) is 0.903. The molecular weight excluding hydrogens is 405 g/mol. The van der Waals surface area contributed by atoms with Crippen molar-refractivity contribution >= 4 is 29.5 Å². The molecule has 2 N–H and O–H groups in total. The number of benzene rings is 2. The predicted molar refractivity (Wildman–Crippen MR) is 105 cm³/mol. The summed E-state index contributed by atoms with van der Waals surface area (Å²) in [5.74, 6) is -3.33. The lowest BCUT2D eigenvalue weighted by atomic mass is 10.0. The quantitative estimate of drug-likeness (QED) is 0.699. The number of imide groups is 2. The van der Waals surface area contributed by atoms with Crippen molar-refractivity contribution in [2.45, 2.75) is 31.8 Å². The molecule has 2 heterocycles. The first kappa shape index (κ1) is 20.4. The minimum atomic E-state index is -1.06. The molecule has 1 atom stereocenters. The van der Waals surface area contributed by atoms with Crippen LogP contribution in [0.4, 0.5) is 4.39 Å². The van der Waals surface area contributed by atoms with Crippen LogP contribution in [0.25, 0.3) is 0 Å². The van der Waals surface area contributed by atoms with Gasteiger partial charge in [0.1, 0.15) is 11.9 Å². The molecule has 2 aliphatic rings. The number of nitrogens with zero attached hydrogens (tertiary/aromatic N) is 1. The third kappa shape index (κ3) is 3.81. The molecule has 9 heteroatoms. The van der Waals surface area contributed by atoms with E-state index in [4.69, 9.17) is 0 Å². The molecule has 1 fully saturated rings. The van der Waals surface area contributed by atoms with Crippen LogP contribution in [0, 0.1) is 5.82 Å². The normalized spacial score (nSPS) is 18.1. The number of nitrogens with one attached hydrogen (secondary N) is 2. The van der Waals surface area contributed by atoms with E-state index in [0.717, 1.165) is 4.90 Å². The molecule has 0 spiro atoms. The number of piperidine rings is 1. The molecular formula is C22H18FN3O5. The van der Waals surface area contributed by atoms with Crippen molar-refractivity contribution in [2.75, 3.05) is 0 Å². The van der Waals surface area contributed by atoms with Crippen molar-refractivity contribution in [1.29, 1.82) is 0 Å². The Hall–Kier alpha value is -3.88. The molecule has 1 unspecified atom stereocenters. The summed E-state index contributed by atoms with van der Waals surface area (Å²) >= 11 is 0. The van der Waals surface area contributed by atoms with E-state index in [9.17, 15) is 28.4 Å². The average molecular weight is 423 g/mol. The number of amides is 5. The Bertz CT molecular complexity index is 1130. The first-order valence-electron chi connectivity index (χ1n) is 9.70. The van der Waals surface area contributed by atoms with E-state index in [2.05, 4.69) is 10.6 Å². The highest BCUT2D eigenvalue weighted by Crippen LogP contribution is 2.29. The number of hydrogen-bond donors (Lipinski definition) is 2. The van der Waals surface area contributed by atoms with Crippen molar-refractivity contribution in [3.05, 3.63) is 70.5 Å². The van der Waals surface area contributed by atoms with Crippen molar-refractivity contribution in [3.63, 3.8) is 0 Å². The third-order valence-corrected chi connectivity index (χ3v) is 5.34. The van der Waals surface area contributed by atoms with Crippen LogP contribution in [0.15, 0.2) is 42.5 Å². The summed E-state index contributed by atoms with van der Waals surface area (Å²) in [6.07, 6.45) is -0.0788. The number of rotatable bonds is 5. The van der Waals surface area contributed by atoms with Gasteiger partial charge in [0.2, 0.25) is 17.7 Å². The molecule has 0 aliphatic carbocycles. The van der Waals surface area contributed by atoms with E-state index >= 15 is 0 Å².